The molecule has 0 heterocycles. The lowest BCUT2D eigenvalue weighted by molar-refractivity contribution is 0.316. The van der Waals surface area contributed by atoms with Crippen LogP contribution in [-0.4, -0.2) is 29.3 Å². The van der Waals surface area contributed by atoms with Crippen molar-refractivity contribution in [3.8, 4) is 0 Å². The molecule has 1 unspecified atom stereocenters. The van der Waals surface area contributed by atoms with E-state index >= 15 is 0 Å². The zero-order valence-corrected chi connectivity index (χ0v) is 9.06. The van der Waals surface area contributed by atoms with E-state index in [4.69, 9.17) is 10.8 Å². The van der Waals surface area contributed by atoms with E-state index in [2.05, 4.69) is 0 Å². The molecule has 2 nitrogen and oxygen atoms in total. The summed E-state index contributed by atoms with van der Waals surface area (Å²) in [6, 6.07) is 0.358. The molecule has 0 bridgehead atoms. The zero-order chi connectivity index (χ0) is 9.52. The van der Waals surface area contributed by atoms with Crippen LogP contribution >= 0.6 is 11.8 Å². The Kier molecular flexibility index (Phi) is 5.83. The molecule has 1 aliphatic carbocycles. The highest BCUT2D eigenvalue weighted by atomic mass is 32.2. The van der Waals surface area contributed by atoms with Gasteiger partial charge < -0.3 is 10.8 Å². The summed E-state index contributed by atoms with van der Waals surface area (Å²) in [5, 5.41) is 8.63. The summed E-state index contributed by atoms with van der Waals surface area (Å²) >= 11 is 1.78. The molecule has 0 spiro atoms. The highest BCUT2D eigenvalue weighted by Gasteiger charge is 2.19. The lowest BCUT2D eigenvalue weighted by atomic mass is 9.85. The Balaban J connectivity index is 2.09. The summed E-state index contributed by atoms with van der Waals surface area (Å²) in [7, 11) is 0. The third kappa shape index (κ3) is 4.34. The van der Waals surface area contributed by atoms with E-state index in [9.17, 15) is 0 Å². The molecule has 1 fully saturated rings. The van der Waals surface area contributed by atoms with Gasteiger partial charge in [0.15, 0.2) is 0 Å². The molecule has 0 aromatic carbocycles. The summed E-state index contributed by atoms with van der Waals surface area (Å²) in [4.78, 5) is 0. The van der Waals surface area contributed by atoms with Crippen LogP contribution in [0.25, 0.3) is 0 Å². The van der Waals surface area contributed by atoms with Crippen LogP contribution in [0.15, 0.2) is 0 Å². The fourth-order valence-electron chi connectivity index (χ4n) is 1.98. The number of aliphatic hydroxyl groups excluding tert-OH is 1. The van der Waals surface area contributed by atoms with Gasteiger partial charge in [0.25, 0.3) is 0 Å². The van der Waals surface area contributed by atoms with E-state index in [0.29, 0.717) is 6.04 Å². The van der Waals surface area contributed by atoms with Crippen molar-refractivity contribution in [1.82, 2.24) is 0 Å². The second-order valence-corrected chi connectivity index (χ2v) is 5.01. The van der Waals surface area contributed by atoms with Crippen molar-refractivity contribution in [2.45, 2.75) is 38.1 Å². The van der Waals surface area contributed by atoms with Gasteiger partial charge in [-0.2, -0.15) is 11.8 Å². The minimum absolute atomic E-state index is 0.280. The van der Waals surface area contributed by atoms with E-state index in [0.717, 1.165) is 17.4 Å². The van der Waals surface area contributed by atoms with Crippen LogP contribution in [0.5, 0.6) is 0 Å². The molecule has 1 rings (SSSR count). The molecule has 0 aliphatic heterocycles. The summed E-state index contributed by atoms with van der Waals surface area (Å²) in [6.07, 6.45) is 6.76. The Hall–Kier alpha value is 0.270. The predicted molar refractivity (Wildman–Crippen MR) is 59.0 cm³/mol. The van der Waals surface area contributed by atoms with Gasteiger partial charge in [-0.05, 0) is 18.8 Å². The van der Waals surface area contributed by atoms with Crippen LogP contribution in [-0.2, 0) is 0 Å². The molecule has 0 saturated heterocycles. The lowest BCUT2D eigenvalue weighted by Crippen LogP contribution is -2.34. The number of hydrogen-bond donors (Lipinski definition) is 2. The van der Waals surface area contributed by atoms with Crippen LogP contribution in [0.3, 0.4) is 0 Å². The first kappa shape index (κ1) is 11.3. The highest BCUT2D eigenvalue weighted by Crippen LogP contribution is 2.26. The minimum atomic E-state index is 0.280. The maximum Gasteiger partial charge on any atom is 0.0521 e. The van der Waals surface area contributed by atoms with Gasteiger partial charge in [-0.3, -0.25) is 0 Å². The third-order valence-electron chi connectivity index (χ3n) is 2.80. The van der Waals surface area contributed by atoms with Crippen molar-refractivity contribution < 1.29 is 5.11 Å². The van der Waals surface area contributed by atoms with Gasteiger partial charge in [-0.25, -0.2) is 0 Å². The zero-order valence-electron chi connectivity index (χ0n) is 8.24. The number of hydrogen-bond acceptors (Lipinski definition) is 3. The Morgan fingerprint density at radius 3 is 2.62 bits per heavy atom. The highest BCUT2D eigenvalue weighted by molar-refractivity contribution is 7.99. The quantitative estimate of drug-likeness (QED) is 0.667. The maximum atomic E-state index is 8.63. The van der Waals surface area contributed by atoms with Gasteiger partial charge >= 0.3 is 0 Å². The van der Waals surface area contributed by atoms with Crippen LogP contribution in [0.2, 0.25) is 0 Å². The Labute approximate surface area is 85.3 Å². The van der Waals surface area contributed by atoms with Crippen LogP contribution in [0.1, 0.15) is 32.1 Å². The third-order valence-corrected chi connectivity index (χ3v) is 3.89. The number of rotatable bonds is 5. The van der Waals surface area contributed by atoms with Crippen molar-refractivity contribution in [3.05, 3.63) is 0 Å². The van der Waals surface area contributed by atoms with E-state index in [1.54, 1.807) is 11.8 Å². The molecule has 1 aliphatic rings. The van der Waals surface area contributed by atoms with Gasteiger partial charge in [0.2, 0.25) is 0 Å². The number of nitrogens with two attached hydrogens (primary N) is 1. The average molecular weight is 203 g/mol. The molecule has 0 radical (unpaired) electrons. The Bertz CT molecular complexity index is 126. The monoisotopic (exact) mass is 203 g/mol. The van der Waals surface area contributed by atoms with Crippen molar-refractivity contribution in [3.63, 3.8) is 0 Å². The second kappa shape index (κ2) is 6.68. The first-order chi connectivity index (χ1) is 6.34. The molecule has 0 aromatic rings. The van der Waals surface area contributed by atoms with E-state index in [1.165, 1.54) is 32.1 Å². The molecular formula is C10H21NOS. The topological polar surface area (TPSA) is 46.2 Å². The predicted octanol–water partition coefficient (Wildman–Crippen LogP) is 1.62. The normalized spacial score (nSPS) is 21.7. The van der Waals surface area contributed by atoms with Crippen molar-refractivity contribution in [1.29, 1.82) is 0 Å². The smallest absolute Gasteiger partial charge is 0.0521 e. The lowest BCUT2D eigenvalue weighted by Gasteiger charge is -2.27. The molecule has 0 aromatic heterocycles. The largest absolute Gasteiger partial charge is 0.396 e. The van der Waals surface area contributed by atoms with Gasteiger partial charge in [-0.15, -0.1) is 0 Å². The average Bonchev–Trinajstić information content (AvgIpc) is 2.19. The molecule has 1 saturated carbocycles. The first-order valence-electron chi connectivity index (χ1n) is 5.28. The van der Waals surface area contributed by atoms with Gasteiger partial charge in [0.05, 0.1) is 6.61 Å². The van der Waals surface area contributed by atoms with Crippen molar-refractivity contribution in [2.75, 3.05) is 18.1 Å². The number of aliphatic hydroxyl groups is 1. The standard InChI is InChI=1S/C10H21NOS/c11-10(8-13-7-6-12)9-4-2-1-3-5-9/h9-10,12H,1-8,11H2. The van der Waals surface area contributed by atoms with Gasteiger partial charge in [0, 0.05) is 17.5 Å². The summed E-state index contributed by atoms with van der Waals surface area (Å²) in [5.74, 6) is 2.60. The van der Waals surface area contributed by atoms with E-state index < -0.39 is 0 Å². The van der Waals surface area contributed by atoms with Gasteiger partial charge in [-0.1, -0.05) is 19.3 Å². The summed E-state index contributed by atoms with van der Waals surface area (Å²) in [5.41, 5.74) is 6.09. The second-order valence-electron chi connectivity index (χ2n) is 3.86. The van der Waals surface area contributed by atoms with E-state index in [-0.39, 0.29) is 6.61 Å². The molecule has 13 heavy (non-hydrogen) atoms. The van der Waals surface area contributed by atoms with Crippen LogP contribution in [0.4, 0.5) is 0 Å². The van der Waals surface area contributed by atoms with Crippen molar-refractivity contribution in [2.24, 2.45) is 11.7 Å². The molecular weight excluding hydrogens is 182 g/mol. The van der Waals surface area contributed by atoms with Crippen molar-refractivity contribution >= 4 is 11.8 Å². The Morgan fingerprint density at radius 1 is 1.31 bits per heavy atom. The van der Waals surface area contributed by atoms with Gasteiger partial charge in [0.1, 0.15) is 0 Å². The summed E-state index contributed by atoms with van der Waals surface area (Å²) < 4.78 is 0. The molecule has 1 atom stereocenters. The maximum absolute atomic E-state index is 8.63. The molecule has 0 amide bonds. The SMILES string of the molecule is NC(CSCCO)C1CCCCC1. The fraction of sp³-hybridized carbons (Fsp3) is 1.00. The first-order valence-corrected chi connectivity index (χ1v) is 6.44. The molecule has 78 valence electrons. The van der Waals surface area contributed by atoms with Crippen LogP contribution in [0, 0.1) is 5.92 Å². The minimum Gasteiger partial charge on any atom is -0.396 e. The molecule has 3 N–H and O–H groups in total. The van der Waals surface area contributed by atoms with E-state index in [1.807, 2.05) is 0 Å². The number of thioether (sulfide) groups is 1. The Morgan fingerprint density at radius 2 is 2.00 bits per heavy atom. The summed E-state index contributed by atoms with van der Waals surface area (Å²) in [6.45, 7) is 0.280. The molecule has 3 heteroatoms. The van der Waals surface area contributed by atoms with Crippen LogP contribution < -0.4 is 5.73 Å². The fourth-order valence-corrected chi connectivity index (χ4v) is 2.82.